The van der Waals surface area contributed by atoms with Crippen LogP contribution in [0.5, 0.6) is 17.2 Å². The molecule has 1 aromatic carbocycles. The van der Waals surface area contributed by atoms with Crippen LogP contribution in [0.25, 0.3) is 11.0 Å². The zero-order chi connectivity index (χ0) is 29.0. The Bertz CT molecular complexity index is 1130. The molecule has 5 nitrogen and oxygen atoms in total. The lowest BCUT2D eigenvalue weighted by molar-refractivity contribution is 0.275. The van der Waals surface area contributed by atoms with Crippen molar-refractivity contribution < 1.29 is 18.6 Å². The highest BCUT2D eigenvalue weighted by atomic mass is 16.5. The largest absolute Gasteiger partial charge is 0.493 e. The van der Waals surface area contributed by atoms with Gasteiger partial charge in [0, 0.05) is 0 Å². The second-order valence-electron chi connectivity index (χ2n) is 10.7. The Morgan fingerprint density at radius 2 is 1.55 bits per heavy atom. The van der Waals surface area contributed by atoms with E-state index in [1.807, 2.05) is 18.2 Å². The van der Waals surface area contributed by atoms with Crippen LogP contribution in [0.15, 0.2) is 62.9 Å². The molecule has 0 aliphatic rings. The molecule has 0 radical (unpaired) electrons. The molecule has 40 heavy (non-hydrogen) atoms. The highest BCUT2D eigenvalue weighted by molar-refractivity contribution is 5.91. The van der Waals surface area contributed by atoms with Crippen molar-refractivity contribution >= 4 is 11.0 Å². The third kappa shape index (κ3) is 12.5. The average Bonchev–Trinajstić information content (AvgIpc) is 2.92. The van der Waals surface area contributed by atoms with E-state index in [4.69, 9.17) is 18.6 Å². The first-order valence-electron chi connectivity index (χ1n) is 15.4. The molecule has 0 saturated carbocycles. The summed E-state index contributed by atoms with van der Waals surface area (Å²) in [4.78, 5) is 13.0. The maximum absolute atomic E-state index is 13.0. The Labute approximate surface area is 242 Å². The summed E-state index contributed by atoms with van der Waals surface area (Å²) in [5.74, 6) is 1.16. The van der Waals surface area contributed by atoms with Gasteiger partial charge in [-0.1, -0.05) is 94.2 Å². The molecule has 1 heterocycles. The first kappa shape index (κ1) is 33.3. The maximum Gasteiger partial charge on any atom is 0.383 e. The predicted molar refractivity (Wildman–Crippen MR) is 168 cm³/mol. The van der Waals surface area contributed by atoms with E-state index in [2.05, 4.69) is 52.8 Å². The zero-order valence-electron chi connectivity index (χ0n) is 25.7. The Morgan fingerprint density at radius 3 is 2.27 bits per heavy atom. The number of allylic oxidation sites excluding steroid dienone is 4. The Kier molecular flexibility index (Phi) is 16.6. The lowest BCUT2D eigenvalue weighted by atomic mass is 10.1. The van der Waals surface area contributed by atoms with Gasteiger partial charge in [0.2, 0.25) is 5.75 Å². The van der Waals surface area contributed by atoms with Crippen LogP contribution in [0.3, 0.4) is 0 Å². The molecule has 0 amide bonds. The quantitative estimate of drug-likeness (QED) is 0.0876. The first-order valence-corrected chi connectivity index (χ1v) is 15.4. The SMILES string of the molecule is CCC=CCCOc1c(OC/C=C(\C)CCC=C(C)C)c(=O)oc2cccc(OCCCCCCCCCC)c12. The smallest absolute Gasteiger partial charge is 0.383 e. The number of benzene rings is 1. The van der Waals surface area contributed by atoms with Gasteiger partial charge >= 0.3 is 5.63 Å². The van der Waals surface area contributed by atoms with E-state index in [0.29, 0.717) is 35.7 Å². The van der Waals surface area contributed by atoms with Crippen molar-refractivity contribution in [2.45, 2.75) is 112 Å². The summed E-state index contributed by atoms with van der Waals surface area (Å²) in [6, 6.07) is 5.54. The molecule has 0 aliphatic heterocycles. The third-order valence-electron chi connectivity index (χ3n) is 6.75. The fraction of sp³-hybridized carbons (Fsp3) is 0.571. The minimum Gasteiger partial charge on any atom is -0.493 e. The Hall–Kier alpha value is -2.95. The molecular weight excluding hydrogens is 500 g/mol. The van der Waals surface area contributed by atoms with E-state index >= 15 is 0 Å². The van der Waals surface area contributed by atoms with Gasteiger partial charge in [0.05, 0.1) is 13.2 Å². The third-order valence-corrected chi connectivity index (χ3v) is 6.75. The van der Waals surface area contributed by atoms with Crippen molar-refractivity contribution in [3.8, 4) is 17.2 Å². The summed E-state index contributed by atoms with van der Waals surface area (Å²) in [5.41, 5.74) is 2.43. The summed E-state index contributed by atoms with van der Waals surface area (Å²) < 4.78 is 24.1. The fourth-order valence-corrected chi connectivity index (χ4v) is 4.44. The normalized spacial score (nSPS) is 11.8. The van der Waals surface area contributed by atoms with Crippen molar-refractivity contribution in [2.75, 3.05) is 19.8 Å². The number of hydrogen-bond donors (Lipinski definition) is 0. The molecule has 0 fully saturated rings. The Balaban J connectivity index is 2.18. The van der Waals surface area contributed by atoms with Gasteiger partial charge in [-0.15, -0.1) is 0 Å². The second kappa shape index (κ2) is 20.0. The van der Waals surface area contributed by atoms with Crippen molar-refractivity contribution in [2.24, 2.45) is 0 Å². The fourth-order valence-electron chi connectivity index (χ4n) is 4.44. The number of ether oxygens (including phenoxy) is 3. The maximum atomic E-state index is 13.0. The molecule has 0 bridgehead atoms. The summed E-state index contributed by atoms with van der Waals surface area (Å²) in [5, 5.41) is 0.653. The van der Waals surface area contributed by atoms with Gasteiger partial charge in [0.15, 0.2) is 5.75 Å². The molecule has 5 heteroatoms. The van der Waals surface area contributed by atoms with Gasteiger partial charge in [-0.3, -0.25) is 0 Å². The van der Waals surface area contributed by atoms with Gasteiger partial charge in [-0.2, -0.15) is 0 Å². The van der Waals surface area contributed by atoms with E-state index in [1.165, 1.54) is 49.7 Å². The molecule has 222 valence electrons. The molecule has 0 spiro atoms. The van der Waals surface area contributed by atoms with Crippen LogP contribution in [0, 0.1) is 0 Å². The first-order chi connectivity index (χ1) is 19.5. The molecule has 2 aromatic rings. The minimum atomic E-state index is -0.539. The molecular formula is C35H52O5. The van der Waals surface area contributed by atoms with E-state index < -0.39 is 5.63 Å². The van der Waals surface area contributed by atoms with Crippen LogP contribution in [0.1, 0.15) is 112 Å². The van der Waals surface area contributed by atoms with Gasteiger partial charge < -0.3 is 18.6 Å². The standard InChI is InChI=1S/C35H52O5/c1-6-8-10-12-13-14-15-17-25-37-30-22-19-23-31-32(30)33(38-26-16-11-9-7-2)34(35(36)40-31)39-27-24-29(5)21-18-20-28(3)4/h9,11,19-20,22-24H,6-8,10,12-18,21,25-27H2,1-5H3/b11-9?,29-24+. The summed E-state index contributed by atoms with van der Waals surface area (Å²) in [7, 11) is 0. The summed E-state index contributed by atoms with van der Waals surface area (Å²) >= 11 is 0. The van der Waals surface area contributed by atoms with Gasteiger partial charge in [-0.05, 0) is 71.1 Å². The van der Waals surface area contributed by atoms with Crippen molar-refractivity contribution in [1.29, 1.82) is 0 Å². The molecule has 0 aliphatic carbocycles. The molecule has 1 aromatic heterocycles. The van der Waals surface area contributed by atoms with E-state index in [-0.39, 0.29) is 12.4 Å². The van der Waals surface area contributed by atoms with Crippen LogP contribution in [0.2, 0.25) is 0 Å². The molecule has 0 N–H and O–H groups in total. The number of rotatable bonds is 21. The summed E-state index contributed by atoms with van der Waals surface area (Å²) in [6.07, 6.45) is 22.0. The topological polar surface area (TPSA) is 57.9 Å². The van der Waals surface area contributed by atoms with E-state index in [9.17, 15) is 4.79 Å². The minimum absolute atomic E-state index is 0.100. The predicted octanol–water partition coefficient (Wildman–Crippen LogP) is 10.1. The van der Waals surface area contributed by atoms with Crippen LogP contribution in [-0.4, -0.2) is 19.8 Å². The summed E-state index contributed by atoms with van der Waals surface area (Å²) in [6.45, 7) is 11.9. The molecule has 0 atom stereocenters. The lowest BCUT2D eigenvalue weighted by Gasteiger charge is -2.16. The molecule has 0 saturated heterocycles. The highest BCUT2D eigenvalue weighted by Crippen LogP contribution is 2.39. The monoisotopic (exact) mass is 552 g/mol. The molecule has 0 unspecified atom stereocenters. The van der Waals surface area contributed by atoms with E-state index in [1.54, 1.807) is 6.07 Å². The van der Waals surface area contributed by atoms with Crippen LogP contribution < -0.4 is 19.8 Å². The van der Waals surface area contributed by atoms with Gasteiger partial charge in [0.1, 0.15) is 23.3 Å². The number of fused-ring (bicyclic) bond motifs is 1. The van der Waals surface area contributed by atoms with Crippen LogP contribution in [-0.2, 0) is 0 Å². The second-order valence-corrected chi connectivity index (χ2v) is 10.7. The van der Waals surface area contributed by atoms with Crippen LogP contribution in [0.4, 0.5) is 0 Å². The van der Waals surface area contributed by atoms with Gasteiger partial charge in [-0.25, -0.2) is 4.79 Å². The van der Waals surface area contributed by atoms with Crippen molar-refractivity contribution in [3.05, 3.63) is 64.1 Å². The lowest BCUT2D eigenvalue weighted by Crippen LogP contribution is -2.12. The zero-order valence-corrected chi connectivity index (χ0v) is 25.7. The average molecular weight is 553 g/mol. The van der Waals surface area contributed by atoms with Crippen molar-refractivity contribution in [3.63, 3.8) is 0 Å². The molecule has 2 rings (SSSR count). The van der Waals surface area contributed by atoms with Crippen molar-refractivity contribution in [1.82, 2.24) is 0 Å². The van der Waals surface area contributed by atoms with E-state index in [0.717, 1.165) is 38.5 Å². The number of unbranched alkanes of at least 4 members (excludes halogenated alkanes) is 7. The number of hydrogen-bond acceptors (Lipinski definition) is 5. The van der Waals surface area contributed by atoms with Gasteiger partial charge in [0.25, 0.3) is 0 Å². The highest BCUT2D eigenvalue weighted by Gasteiger charge is 2.21. The van der Waals surface area contributed by atoms with Crippen LogP contribution >= 0.6 is 0 Å². The Morgan fingerprint density at radius 1 is 0.800 bits per heavy atom.